The van der Waals surface area contributed by atoms with E-state index in [1.807, 2.05) is 0 Å². The Bertz CT molecular complexity index is 572. The van der Waals surface area contributed by atoms with Crippen LogP contribution in [0, 0.1) is 5.41 Å². The lowest BCUT2D eigenvalue weighted by Crippen LogP contribution is -2.68. The number of alkyl halides is 12. The SMILES string of the molecule is CCC(C)(C)C(=O)OCCCC(F)(F)C(F)(F)C(F)(F)C(F)(F)C(F)(F)C(F)F. The molecule has 0 aliphatic heterocycles. The van der Waals surface area contributed by atoms with Crippen molar-refractivity contribution in [2.45, 2.75) is 76.1 Å². The van der Waals surface area contributed by atoms with E-state index in [4.69, 9.17) is 0 Å². The summed E-state index contributed by atoms with van der Waals surface area (Å²) in [6.07, 6.45) is -8.83. The number of rotatable bonds is 11. The summed E-state index contributed by atoms with van der Waals surface area (Å²) in [6.45, 7) is 3.31. The first-order chi connectivity index (χ1) is 12.6. The molecule has 2 nitrogen and oxygen atoms in total. The molecule has 0 aliphatic rings. The van der Waals surface area contributed by atoms with E-state index in [0.717, 1.165) is 0 Å². The van der Waals surface area contributed by atoms with Crippen molar-refractivity contribution in [3.63, 3.8) is 0 Å². The molecule has 0 aromatic rings. The summed E-state index contributed by atoms with van der Waals surface area (Å²) in [5, 5.41) is 0. The molecule has 14 heteroatoms. The van der Waals surface area contributed by atoms with Gasteiger partial charge in [0, 0.05) is 6.42 Å². The molecule has 0 aromatic carbocycles. The molecule has 0 radical (unpaired) electrons. The van der Waals surface area contributed by atoms with Gasteiger partial charge in [-0.25, -0.2) is 8.78 Å². The minimum Gasteiger partial charge on any atom is -0.465 e. The number of carbonyl (C=O) groups excluding carboxylic acids is 1. The highest BCUT2D eigenvalue weighted by molar-refractivity contribution is 5.75. The van der Waals surface area contributed by atoms with Gasteiger partial charge >= 0.3 is 42.0 Å². The van der Waals surface area contributed by atoms with Crippen LogP contribution in [-0.4, -0.2) is 48.6 Å². The van der Waals surface area contributed by atoms with Crippen molar-refractivity contribution < 1.29 is 62.2 Å². The van der Waals surface area contributed by atoms with E-state index in [9.17, 15) is 57.5 Å². The Morgan fingerprint density at radius 3 is 1.66 bits per heavy atom. The molecule has 0 amide bonds. The van der Waals surface area contributed by atoms with Crippen LogP contribution in [0.2, 0.25) is 0 Å². The molecule has 0 heterocycles. The maximum atomic E-state index is 13.5. The molecule has 174 valence electrons. The monoisotopic (exact) mass is 458 g/mol. The van der Waals surface area contributed by atoms with Crippen LogP contribution in [0.3, 0.4) is 0 Å². The van der Waals surface area contributed by atoms with Crippen molar-refractivity contribution in [1.82, 2.24) is 0 Å². The molecule has 0 atom stereocenters. The highest BCUT2D eigenvalue weighted by Crippen LogP contribution is 2.58. The van der Waals surface area contributed by atoms with Gasteiger partial charge in [-0.15, -0.1) is 0 Å². The Morgan fingerprint density at radius 1 is 0.828 bits per heavy atom. The molecular formula is C15H18F12O2. The number of ether oxygens (including phenoxy) is 1. The van der Waals surface area contributed by atoms with Crippen molar-refractivity contribution >= 4 is 5.97 Å². The second kappa shape index (κ2) is 8.40. The second-order valence-corrected chi connectivity index (χ2v) is 6.83. The highest BCUT2D eigenvalue weighted by Gasteiger charge is 2.87. The maximum Gasteiger partial charge on any atom is 0.384 e. The Hall–Kier alpha value is -1.37. The van der Waals surface area contributed by atoms with Crippen molar-refractivity contribution in [3.8, 4) is 0 Å². The van der Waals surface area contributed by atoms with Gasteiger partial charge in [0.15, 0.2) is 0 Å². The molecule has 0 aliphatic carbocycles. The fourth-order valence-electron chi connectivity index (χ4n) is 1.73. The standard InChI is InChI=1S/C15H18F12O2/c1-4-10(2,3)9(28)29-7-5-6-11(18,19)13(22,23)15(26,27)14(24,25)12(20,21)8(16)17/h8H,4-7H2,1-3H3. The number of hydrogen-bond donors (Lipinski definition) is 0. The fourth-order valence-corrected chi connectivity index (χ4v) is 1.73. The van der Waals surface area contributed by atoms with Gasteiger partial charge < -0.3 is 4.74 Å². The zero-order valence-corrected chi connectivity index (χ0v) is 15.3. The summed E-state index contributed by atoms with van der Waals surface area (Å²) in [5.74, 6) is -36.2. The van der Waals surface area contributed by atoms with Crippen LogP contribution in [0.5, 0.6) is 0 Å². The molecule has 0 bridgehead atoms. The molecule has 0 fully saturated rings. The van der Waals surface area contributed by atoms with Crippen LogP contribution in [0.4, 0.5) is 52.7 Å². The van der Waals surface area contributed by atoms with Crippen LogP contribution in [0.1, 0.15) is 40.0 Å². The molecule has 0 spiro atoms. The number of esters is 1. The van der Waals surface area contributed by atoms with E-state index in [1.54, 1.807) is 6.92 Å². The summed E-state index contributed by atoms with van der Waals surface area (Å²) < 4.78 is 160. The number of carbonyl (C=O) groups is 1. The molecular weight excluding hydrogens is 440 g/mol. The zero-order chi connectivity index (χ0) is 23.7. The second-order valence-electron chi connectivity index (χ2n) is 6.83. The molecule has 0 saturated heterocycles. The van der Waals surface area contributed by atoms with Crippen LogP contribution in [0.25, 0.3) is 0 Å². The van der Waals surface area contributed by atoms with Gasteiger partial charge in [0.2, 0.25) is 0 Å². The van der Waals surface area contributed by atoms with E-state index in [0.29, 0.717) is 0 Å². The minimum absolute atomic E-state index is 0.222. The number of hydrogen-bond acceptors (Lipinski definition) is 2. The smallest absolute Gasteiger partial charge is 0.384 e. The van der Waals surface area contributed by atoms with Crippen LogP contribution in [0.15, 0.2) is 0 Å². The minimum atomic E-state index is -7.54. The third-order valence-electron chi connectivity index (χ3n) is 4.25. The summed E-state index contributed by atoms with van der Waals surface area (Å²) in [6, 6.07) is 0. The molecule has 29 heavy (non-hydrogen) atoms. The molecule has 0 saturated carbocycles. The lowest BCUT2D eigenvalue weighted by Gasteiger charge is -2.39. The largest absolute Gasteiger partial charge is 0.465 e. The molecule has 0 unspecified atom stereocenters. The first kappa shape index (κ1) is 27.6. The molecule has 0 rings (SSSR count). The third kappa shape index (κ3) is 4.86. The highest BCUT2D eigenvalue weighted by atomic mass is 19.4. The quantitative estimate of drug-likeness (QED) is 0.210. The molecule has 0 aromatic heterocycles. The first-order valence-electron chi connectivity index (χ1n) is 7.98. The van der Waals surface area contributed by atoms with Crippen molar-refractivity contribution in [2.24, 2.45) is 5.41 Å². The number of halogens is 12. The Kier molecular flexibility index (Phi) is 8.00. The average molecular weight is 458 g/mol. The zero-order valence-electron chi connectivity index (χ0n) is 15.3. The predicted octanol–water partition coefficient (Wildman–Crippen LogP) is 6.19. The first-order valence-corrected chi connectivity index (χ1v) is 7.98. The van der Waals surface area contributed by atoms with E-state index in [2.05, 4.69) is 4.74 Å². The lowest BCUT2D eigenvalue weighted by atomic mass is 9.90. The van der Waals surface area contributed by atoms with Gasteiger partial charge in [-0.1, -0.05) is 6.92 Å². The van der Waals surface area contributed by atoms with E-state index < -0.39 is 66.9 Å². The van der Waals surface area contributed by atoms with Crippen LogP contribution in [-0.2, 0) is 9.53 Å². The van der Waals surface area contributed by atoms with E-state index in [1.165, 1.54) is 13.8 Å². The van der Waals surface area contributed by atoms with Gasteiger partial charge in [-0.05, 0) is 26.7 Å². The Morgan fingerprint density at radius 2 is 1.28 bits per heavy atom. The van der Waals surface area contributed by atoms with Gasteiger partial charge in [0.05, 0.1) is 12.0 Å². The fraction of sp³-hybridized carbons (Fsp3) is 0.933. The predicted molar refractivity (Wildman–Crippen MR) is 75.0 cm³/mol. The molecule has 0 N–H and O–H groups in total. The Labute approximate surface area is 157 Å². The lowest BCUT2D eigenvalue weighted by molar-refractivity contribution is -0.413. The van der Waals surface area contributed by atoms with Crippen LogP contribution < -0.4 is 0 Å². The van der Waals surface area contributed by atoms with E-state index in [-0.39, 0.29) is 6.42 Å². The third-order valence-corrected chi connectivity index (χ3v) is 4.25. The Balaban J connectivity index is 5.42. The van der Waals surface area contributed by atoms with Crippen molar-refractivity contribution in [3.05, 3.63) is 0 Å². The average Bonchev–Trinajstić information content (AvgIpc) is 2.57. The van der Waals surface area contributed by atoms with Crippen molar-refractivity contribution in [2.75, 3.05) is 6.61 Å². The van der Waals surface area contributed by atoms with Gasteiger partial charge in [-0.2, -0.15) is 43.9 Å². The summed E-state index contributed by atoms with van der Waals surface area (Å²) >= 11 is 0. The van der Waals surface area contributed by atoms with Gasteiger partial charge in [-0.3, -0.25) is 4.79 Å². The van der Waals surface area contributed by atoms with E-state index >= 15 is 0 Å². The van der Waals surface area contributed by atoms with Gasteiger partial charge in [0.1, 0.15) is 0 Å². The normalized spacial score (nSPS) is 15.0. The summed E-state index contributed by atoms with van der Waals surface area (Å²) in [4.78, 5) is 11.6. The van der Waals surface area contributed by atoms with Crippen molar-refractivity contribution in [1.29, 1.82) is 0 Å². The van der Waals surface area contributed by atoms with Crippen LogP contribution >= 0.6 is 0 Å². The summed E-state index contributed by atoms with van der Waals surface area (Å²) in [5.41, 5.74) is -1.09. The topological polar surface area (TPSA) is 26.3 Å². The summed E-state index contributed by atoms with van der Waals surface area (Å²) in [7, 11) is 0. The maximum absolute atomic E-state index is 13.5. The van der Waals surface area contributed by atoms with Gasteiger partial charge in [0.25, 0.3) is 0 Å².